The molecular formula is C16H27N3OS. The quantitative estimate of drug-likeness (QED) is 0.786. The molecule has 1 aromatic heterocycles. The lowest BCUT2D eigenvalue weighted by atomic mass is 10.0. The molecule has 0 amide bonds. The van der Waals surface area contributed by atoms with Crippen LogP contribution in [0.25, 0.3) is 0 Å². The molecule has 0 bridgehead atoms. The first-order chi connectivity index (χ1) is 10.3. The van der Waals surface area contributed by atoms with Gasteiger partial charge < -0.3 is 15.0 Å². The highest BCUT2D eigenvalue weighted by molar-refractivity contribution is 7.15. The van der Waals surface area contributed by atoms with Crippen molar-refractivity contribution < 1.29 is 4.74 Å². The Labute approximate surface area is 131 Å². The number of nitrogens with zero attached hydrogens (tertiary/aromatic N) is 2. The van der Waals surface area contributed by atoms with Gasteiger partial charge >= 0.3 is 0 Å². The van der Waals surface area contributed by atoms with Gasteiger partial charge in [-0.3, -0.25) is 0 Å². The molecule has 1 aliphatic heterocycles. The normalized spacial score (nSPS) is 22.8. The minimum Gasteiger partial charge on any atom is -0.383 e. The summed E-state index contributed by atoms with van der Waals surface area (Å²) < 4.78 is 5.10. The lowest BCUT2D eigenvalue weighted by Crippen LogP contribution is -2.34. The van der Waals surface area contributed by atoms with Crippen LogP contribution in [0.15, 0.2) is 0 Å². The van der Waals surface area contributed by atoms with Crippen molar-refractivity contribution in [1.82, 2.24) is 10.3 Å². The van der Waals surface area contributed by atoms with Crippen molar-refractivity contribution >= 4 is 16.5 Å². The van der Waals surface area contributed by atoms with Crippen LogP contribution in [0.5, 0.6) is 0 Å². The highest BCUT2D eigenvalue weighted by atomic mass is 32.1. The summed E-state index contributed by atoms with van der Waals surface area (Å²) in [5.74, 6) is 1.53. The Kier molecular flexibility index (Phi) is 5.14. The summed E-state index contributed by atoms with van der Waals surface area (Å²) in [6.07, 6.45) is 5.32. The molecule has 5 heteroatoms. The molecule has 21 heavy (non-hydrogen) atoms. The van der Waals surface area contributed by atoms with E-state index in [-0.39, 0.29) is 0 Å². The van der Waals surface area contributed by atoms with Crippen molar-refractivity contribution in [1.29, 1.82) is 0 Å². The molecule has 0 aromatic carbocycles. The van der Waals surface area contributed by atoms with Crippen LogP contribution in [0.1, 0.15) is 49.1 Å². The Morgan fingerprint density at radius 2 is 2.24 bits per heavy atom. The maximum atomic E-state index is 5.10. The molecule has 1 N–H and O–H groups in total. The van der Waals surface area contributed by atoms with Crippen LogP contribution in [0.2, 0.25) is 0 Å². The zero-order valence-electron chi connectivity index (χ0n) is 13.2. The minimum atomic E-state index is 0.733. The van der Waals surface area contributed by atoms with Gasteiger partial charge in [0.05, 0.1) is 12.3 Å². The van der Waals surface area contributed by atoms with Crippen molar-refractivity contribution in [3.05, 3.63) is 10.6 Å². The van der Waals surface area contributed by atoms with E-state index in [4.69, 9.17) is 9.72 Å². The first-order valence-electron chi connectivity index (χ1n) is 8.22. The highest BCUT2D eigenvalue weighted by Crippen LogP contribution is 2.44. The maximum Gasteiger partial charge on any atom is 0.185 e. The van der Waals surface area contributed by atoms with Crippen LogP contribution in [0.4, 0.5) is 5.13 Å². The van der Waals surface area contributed by atoms with Gasteiger partial charge in [0.15, 0.2) is 5.13 Å². The predicted octanol–water partition coefficient (Wildman–Crippen LogP) is 2.99. The van der Waals surface area contributed by atoms with E-state index in [1.807, 2.05) is 11.3 Å². The number of aromatic nitrogens is 1. The van der Waals surface area contributed by atoms with Crippen molar-refractivity contribution in [2.24, 2.45) is 5.92 Å². The number of ether oxygens (including phenoxy) is 1. The standard InChI is InChI=1S/C16H27N3OS/c1-12-4-3-8-19(11-12)16-18-15(13-5-6-13)14(21-16)10-17-7-9-20-2/h12-13,17H,3-11H2,1-2H3. The van der Waals surface area contributed by atoms with E-state index in [0.29, 0.717) is 0 Å². The number of methoxy groups -OCH3 is 1. The summed E-state index contributed by atoms with van der Waals surface area (Å²) in [4.78, 5) is 8.95. The summed E-state index contributed by atoms with van der Waals surface area (Å²) in [7, 11) is 1.75. The fraction of sp³-hybridized carbons (Fsp3) is 0.812. The van der Waals surface area contributed by atoms with Gasteiger partial charge in [0, 0.05) is 44.1 Å². The summed E-state index contributed by atoms with van der Waals surface area (Å²) in [5, 5.41) is 4.73. The second kappa shape index (κ2) is 7.07. The second-order valence-corrected chi connectivity index (χ2v) is 7.50. The number of hydrogen-bond donors (Lipinski definition) is 1. The molecule has 3 rings (SSSR count). The van der Waals surface area contributed by atoms with E-state index in [2.05, 4.69) is 17.1 Å². The zero-order valence-corrected chi connectivity index (χ0v) is 14.0. The molecule has 2 aliphatic rings. The molecule has 1 aliphatic carbocycles. The van der Waals surface area contributed by atoms with Gasteiger partial charge in [-0.15, -0.1) is 11.3 Å². The first kappa shape index (κ1) is 15.3. The van der Waals surface area contributed by atoms with Crippen molar-refractivity contribution in [3.8, 4) is 0 Å². The highest BCUT2D eigenvalue weighted by Gasteiger charge is 2.31. The second-order valence-electron chi connectivity index (χ2n) is 6.44. The van der Waals surface area contributed by atoms with Crippen LogP contribution >= 0.6 is 11.3 Å². The van der Waals surface area contributed by atoms with E-state index >= 15 is 0 Å². The van der Waals surface area contributed by atoms with Crippen molar-refractivity contribution in [3.63, 3.8) is 0 Å². The number of anilines is 1. The molecule has 0 radical (unpaired) electrons. The fourth-order valence-corrected chi connectivity index (χ4v) is 4.18. The average Bonchev–Trinajstić information content (AvgIpc) is 3.24. The van der Waals surface area contributed by atoms with Crippen molar-refractivity contribution in [2.45, 2.75) is 45.1 Å². The molecule has 1 saturated heterocycles. The number of thiazole rings is 1. The zero-order chi connectivity index (χ0) is 14.7. The molecule has 1 saturated carbocycles. The van der Waals surface area contributed by atoms with Crippen LogP contribution in [-0.2, 0) is 11.3 Å². The van der Waals surface area contributed by atoms with Gasteiger partial charge in [0.25, 0.3) is 0 Å². The summed E-state index contributed by atoms with van der Waals surface area (Å²) in [5.41, 5.74) is 1.37. The molecular weight excluding hydrogens is 282 g/mol. The third-order valence-corrected chi connectivity index (χ3v) is 5.51. The smallest absolute Gasteiger partial charge is 0.185 e. The van der Waals surface area contributed by atoms with Crippen molar-refractivity contribution in [2.75, 3.05) is 38.3 Å². The van der Waals surface area contributed by atoms with Crippen LogP contribution in [-0.4, -0.2) is 38.3 Å². The van der Waals surface area contributed by atoms with E-state index in [1.165, 1.54) is 54.5 Å². The molecule has 1 unspecified atom stereocenters. The molecule has 4 nitrogen and oxygen atoms in total. The third-order valence-electron chi connectivity index (χ3n) is 4.38. The Bertz CT molecular complexity index is 458. The minimum absolute atomic E-state index is 0.733. The van der Waals surface area contributed by atoms with Gasteiger partial charge in [-0.05, 0) is 31.6 Å². The summed E-state index contributed by atoms with van der Waals surface area (Å²) in [6, 6.07) is 0. The van der Waals surface area contributed by atoms with Gasteiger partial charge in [-0.1, -0.05) is 6.92 Å². The Hall–Kier alpha value is -0.650. The first-order valence-corrected chi connectivity index (χ1v) is 9.03. The summed E-state index contributed by atoms with van der Waals surface area (Å²) in [6.45, 7) is 7.33. The molecule has 1 atom stereocenters. The van der Waals surface area contributed by atoms with Gasteiger partial charge in [-0.25, -0.2) is 4.98 Å². The van der Waals surface area contributed by atoms with E-state index in [1.54, 1.807) is 7.11 Å². The van der Waals surface area contributed by atoms with Gasteiger partial charge in [0.1, 0.15) is 0 Å². The number of nitrogens with one attached hydrogen (secondary N) is 1. The Balaban J connectivity index is 1.67. The molecule has 2 fully saturated rings. The molecule has 2 heterocycles. The molecule has 0 spiro atoms. The number of piperidine rings is 1. The molecule has 118 valence electrons. The third kappa shape index (κ3) is 3.96. The predicted molar refractivity (Wildman–Crippen MR) is 88.3 cm³/mol. The maximum absolute atomic E-state index is 5.10. The van der Waals surface area contributed by atoms with Gasteiger partial charge in [0.2, 0.25) is 0 Å². The Morgan fingerprint density at radius 3 is 2.95 bits per heavy atom. The Morgan fingerprint density at radius 1 is 1.38 bits per heavy atom. The summed E-state index contributed by atoms with van der Waals surface area (Å²) >= 11 is 1.91. The topological polar surface area (TPSA) is 37.4 Å². The lowest BCUT2D eigenvalue weighted by molar-refractivity contribution is 0.199. The van der Waals surface area contributed by atoms with E-state index in [0.717, 1.165) is 31.5 Å². The van der Waals surface area contributed by atoms with Crippen LogP contribution in [0.3, 0.4) is 0 Å². The monoisotopic (exact) mass is 309 g/mol. The van der Waals surface area contributed by atoms with E-state index < -0.39 is 0 Å². The van der Waals surface area contributed by atoms with Crippen LogP contribution < -0.4 is 10.2 Å². The largest absolute Gasteiger partial charge is 0.383 e. The SMILES string of the molecule is COCCNCc1sc(N2CCCC(C)C2)nc1C1CC1. The number of rotatable bonds is 7. The lowest BCUT2D eigenvalue weighted by Gasteiger charge is -2.30. The average molecular weight is 309 g/mol. The fourth-order valence-electron chi connectivity index (χ4n) is 3.03. The van der Waals surface area contributed by atoms with Crippen LogP contribution in [0, 0.1) is 5.92 Å². The van der Waals surface area contributed by atoms with E-state index in [9.17, 15) is 0 Å². The molecule has 1 aromatic rings. The van der Waals surface area contributed by atoms with Gasteiger partial charge in [-0.2, -0.15) is 0 Å². The number of hydrogen-bond acceptors (Lipinski definition) is 5.